The van der Waals surface area contributed by atoms with Crippen LogP contribution in [0.1, 0.15) is 43.4 Å². The molecule has 1 fully saturated rings. The van der Waals surface area contributed by atoms with Gasteiger partial charge in [0.15, 0.2) is 0 Å². The maximum Gasteiger partial charge on any atom is 0.135 e. The van der Waals surface area contributed by atoms with E-state index in [-0.39, 0.29) is 4.75 Å². The molecular weight excluding hydrogens is 280 g/mol. The van der Waals surface area contributed by atoms with Crippen molar-refractivity contribution in [3.63, 3.8) is 0 Å². The van der Waals surface area contributed by atoms with Crippen LogP contribution in [-0.4, -0.2) is 40.6 Å². The first kappa shape index (κ1) is 15.1. The number of piperidine rings is 1. The van der Waals surface area contributed by atoms with Gasteiger partial charge in [-0.2, -0.15) is 11.8 Å². The highest BCUT2D eigenvalue weighted by Gasteiger charge is 2.33. The minimum Gasteiger partial charge on any atom is -0.356 e. The smallest absolute Gasteiger partial charge is 0.135 e. The second-order valence-electron chi connectivity index (χ2n) is 6.26. The predicted molar refractivity (Wildman–Crippen MR) is 90.0 cm³/mol. The largest absolute Gasteiger partial charge is 0.356 e. The number of anilines is 1. The minimum atomic E-state index is 0.278. The lowest BCUT2D eigenvalue weighted by Crippen LogP contribution is -2.47. The van der Waals surface area contributed by atoms with E-state index in [0.29, 0.717) is 0 Å². The van der Waals surface area contributed by atoms with Crippen molar-refractivity contribution in [3.05, 3.63) is 17.6 Å². The number of aryl methyl sites for hydroxylation is 1. The molecular formula is C16H26N4S. The Labute approximate surface area is 131 Å². The van der Waals surface area contributed by atoms with E-state index in [4.69, 9.17) is 5.73 Å². The average molecular weight is 306 g/mol. The molecule has 0 aromatic carbocycles. The highest BCUT2D eigenvalue weighted by atomic mass is 32.2. The first-order valence-electron chi connectivity index (χ1n) is 8.11. The third-order valence-corrected chi connectivity index (χ3v) is 6.57. The van der Waals surface area contributed by atoms with Crippen molar-refractivity contribution in [2.24, 2.45) is 5.73 Å². The summed E-state index contributed by atoms with van der Waals surface area (Å²) in [4.78, 5) is 11.6. The van der Waals surface area contributed by atoms with E-state index < -0.39 is 0 Å². The molecule has 2 aliphatic rings. The quantitative estimate of drug-likeness (QED) is 0.869. The van der Waals surface area contributed by atoms with Crippen LogP contribution < -0.4 is 10.6 Å². The van der Waals surface area contributed by atoms with Gasteiger partial charge in [0, 0.05) is 35.6 Å². The molecule has 1 saturated heterocycles. The molecule has 4 nitrogen and oxygen atoms in total. The van der Waals surface area contributed by atoms with Crippen molar-refractivity contribution in [2.45, 2.75) is 49.7 Å². The Morgan fingerprint density at radius 2 is 1.95 bits per heavy atom. The van der Waals surface area contributed by atoms with E-state index in [2.05, 4.69) is 21.1 Å². The number of thioether (sulfide) groups is 1. The number of rotatable bonds is 3. The summed E-state index contributed by atoms with van der Waals surface area (Å²) in [5.74, 6) is 1.20. The van der Waals surface area contributed by atoms with E-state index >= 15 is 0 Å². The van der Waals surface area contributed by atoms with Gasteiger partial charge >= 0.3 is 0 Å². The fourth-order valence-electron chi connectivity index (χ4n) is 3.57. The van der Waals surface area contributed by atoms with Crippen molar-refractivity contribution >= 4 is 17.6 Å². The van der Waals surface area contributed by atoms with E-state index in [0.717, 1.165) is 45.3 Å². The van der Waals surface area contributed by atoms with Crippen molar-refractivity contribution < 1.29 is 0 Å². The van der Waals surface area contributed by atoms with Gasteiger partial charge in [-0.3, -0.25) is 0 Å². The predicted octanol–water partition coefficient (Wildman–Crippen LogP) is 2.41. The number of fused-ring (bicyclic) bond motifs is 1. The summed E-state index contributed by atoms with van der Waals surface area (Å²) in [7, 11) is 0. The van der Waals surface area contributed by atoms with E-state index in [1.807, 2.05) is 11.8 Å². The summed E-state index contributed by atoms with van der Waals surface area (Å²) in [6, 6.07) is 0. The average Bonchev–Trinajstić information content (AvgIpc) is 2.80. The van der Waals surface area contributed by atoms with Gasteiger partial charge < -0.3 is 10.6 Å². The van der Waals surface area contributed by atoms with Gasteiger partial charge in [0.1, 0.15) is 12.1 Å². The van der Waals surface area contributed by atoms with Crippen molar-refractivity contribution in [2.75, 3.05) is 30.8 Å². The van der Waals surface area contributed by atoms with Gasteiger partial charge in [0.2, 0.25) is 0 Å². The molecule has 5 heteroatoms. The summed E-state index contributed by atoms with van der Waals surface area (Å²) in [5.41, 5.74) is 8.71. The van der Waals surface area contributed by atoms with Crippen LogP contribution in [0.5, 0.6) is 0 Å². The summed E-state index contributed by atoms with van der Waals surface area (Å²) >= 11 is 1.94. The number of aromatic nitrogens is 2. The molecule has 116 valence electrons. The molecule has 0 bridgehead atoms. The molecule has 1 aromatic rings. The zero-order chi connectivity index (χ0) is 14.7. The molecule has 1 aliphatic heterocycles. The lowest BCUT2D eigenvalue weighted by molar-refractivity contribution is 0.454. The van der Waals surface area contributed by atoms with E-state index in [9.17, 15) is 0 Å². The second-order valence-corrected chi connectivity index (χ2v) is 7.54. The Hall–Kier alpha value is -0.810. The maximum absolute atomic E-state index is 6.00. The monoisotopic (exact) mass is 306 g/mol. The number of hydrogen-bond acceptors (Lipinski definition) is 5. The van der Waals surface area contributed by atoms with Crippen LogP contribution in [0.15, 0.2) is 6.33 Å². The molecule has 2 N–H and O–H groups in total. The van der Waals surface area contributed by atoms with Crippen LogP contribution in [0.3, 0.4) is 0 Å². The lowest BCUT2D eigenvalue weighted by Gasteiger charge is -2.41. The Balaban J connectivity index is 1.80. The summed E-state index contributed by atoms with van der Waals surface area (Å²) in [5, 5.41) is 0. The SMILES string of the molecule is CSC1(CN)CCN(c2ncnc3c2CCCCC3)CC1. The zero-order valence-electron chi connectivity index (χ0n) is 13.0. The number of nitrogens with two attached hydrogens (primary N) is 1. The van der Waals surface area contributed by atoms with Gasteiger partial charge in [-0.25, -0.2) is 9.97 Å². The maximum atomic E-state index is 6.00. The standard InChI is InChI=1S/C16H26N4S/c1-21-16(11-17)7-9-20(10-8-16)15-13-5-3-2-4-6-14(13)18-12-19-15/h12H,2-11,17H2,1H3. The van der Waals surface area contributed by atoms with Crippen LogP contribution in [0.25, 0.3) is 0 Å². The second kappa shape index (κ2) is 6.53. The highest BCUT2D eigenvalue weighted by Crippen LogP contribution is 2.36. The Morgan fingerprint density at radius 1 is 1.19 bits per heavy atom. The van der Waals surface area contributed by atoms with Crippen LogP contribution in [0, 0.1) is 0 Å². The third kappa shape index (κ3) is 3.04. The normalized spacial score (nSPS) is 21.7. The molecule has 0 atom stereocenters. The summed E-state index contributed by atoms with van der Waals surface area (Å²) in [6.45, 7) is 2.92. The van der Waals surface area contributed by atoms with Crippen molar-refractivity contribution in [3.8, 4) is 0 Å². The third-order valence-electron chi connectivity index (χ3n) is 5.13. The highest BCUT2D eigenvalue weighted by molar-refractivity contribution is 8.00. The Morgan fingerprint density at radius 3 is 2.67 bits per heavy atom. The number of hydrogen-bond donors (Lipinski definition) is 1. The summed E-state index contributed by atoms with van der Waals surface area (Å²) < 4.78 is 0.278. The molecule has 0 saturated carbocycles. The Bertz CT molecular complexity index is 477. The van der Waals surface area contributed by atoms with Gasteiger partial charge in [-0.05, 0) is 44.8 Å². The van der Waals surface area contributed by atoms with Crippen molar-refractivity contribution in [1.29, 1.82) is 0 Å². The minimum absolute atomic E-state index is 0.278. The topological polar surface area (TPSA) is 55.0 Å². The Kier molecular flexibility index (Phi) is 4.69. The lowest BCUT2D eigenvalue weighted by atomic mass is 9.95. The van der Waals surface area contributed by atoms with Crippen LogP contribution in [-0.2, 0) is 12.8 Å². The first-order valence-corrected chi connectivity index (χ1v) is 9.33. The molecule has 2 heterocycles. The van der Waals surface area contributed by atoms with Crippen LogP contribution in [0.4, 0.5) is 5.82 Å². The van der Waals surface area contributed by atoms with Gasteiger partial charge in [-0.15, -0.1) is 0 Å². The molecule has 0 unspecified atom stereocenters. The van der Waals surface area contributed by atoms with E-state index in [1.54, 1.807) is 6.33 Å². The number of nitrogens with zero attached hydrogens (tertiary/aromatic N) is 3. The van der Waals surface area contributed by atoms with Crippen LogP contribution >= 0.6 is 11.8 Å². The van der Waals surface area contributed by atoms with E-state index in [1.165, 1.54) is 36.3 Å². The fraction of sp³-hybridized carbons (Fsp3) is 0.750. The molecule has 3 rings (SSSR count). The molecule has 0 radical (unpaired) electrons. The first-order chi connectivity index (χ1) is 10.3. The molecule has 21 heavy (non-hydrogen) atoms. The molecule has 0 amide bonds. The fourth-order valence-corrected chi connectivity index (χ4v) is 4.33. The molecule has 1 aliphatic carbocycles. The van der Waals surface area contributed by atoms with Gasteiger partial charge in [0.25, 0.3) is 0 Å². The van der Waals surface area contributed by atoms with Crippen LogP contribution in [0.2, 0.25) is 0 Å². The van der Waals surface area contributed by atoms with Gasteiger partial charge in [-0.1, -0.05) is 6.42 Å². The zero-order valence-corrected chi connectivity index (χ0v) is 13.8. The van der Waals surface area contributed by atoms with Crippen molar-refractivity contribution in [1.82, 2.24) is 9.97 Å². The molecule has 0 spiro atoms. The summed E-state index contributed by atoms with van der Waals surface area (Å²) in [6.07, 6.45) is 12.4. The molecule has 1 aromatic heterocycles. The van der Waals surface area contributed by atoms with Gasteiger partial charge in [0.05, 0.1) is 0 Å².